The van der Waals surface area contributed by atoms with Gasteiger partial charge in [-0.3, -0.25) is 9.69 Å². The molecule has 2 N–H and O–H groups in total. The first-order valence-corrected chi connectivity index (χ1v) is 11.5. The summed E-state index contributed by atoms with van der Waals surface area (Å²) in [4.78, 5) is 16.1. The highest BCUT2D eigenvalue weighted by molar-refractivity contribution is 5.99. The highest BCUT2D eigenvalue weighted by atomic mass is 16.3. The number of carbonyl (C=O) groups is 1. The van der Waals surface area contributed by atoms with Gasteiger partial charge >= 0.3 is 0 Å². The molecule has 2 saturated heterocycles. The number of nitrogens with one attached hydrogen (secondary N) is 1. The molecule has 2 fully saturated rings. The molecule has 0 amide bonds. The van der Waals surface area contributed by atoms with E-state index in [1.54, 1.807) is 0 Å². The number of hydrogen-bond acceptors (Lipinski definition) is 4. The van der Waals surface area contributed by atoms with Crippen LogP contribution in [-0.2, 0) is 5.60 Å². The fourth-order valence-electron chi connectivity index (χ4n) is 6.00. The van der Waals surface area contributed by atoms with Gasteiger partial charge in [0.1, 0.15) is 5.60 Å². The Kier molecular flexibility index (Phi) is 5.84. The lowest BCUT2D eigenvalue weighted by Gasteiger charge is -2.53. The fraction of sp³-hybridized carbons (Fsp3) is 0.519. The van der Waals surface area contributed by atoms with E-state index in [4.69, 9.17) is 0 Å². The zero-order chi connectivity index (χ0) is 22.3. The van der Waals surface area contributed by atoms with E-state index in [1.807, 2.05) is 60.7 Å². The van der Waals surface area contributed by atoms with Gasteiger partial charge in [-0.25, -0.2) is 0 Å². The molecular weight excluding hydrogens is 384 g/mol. The van der Waals surface area contributed by atoms with Gasteiger partial charge in [0.2, 0.25) is 0 Å². The highest BCUT2D eigenvalue weighted by Crippen LogP contribution is 2.42. The van der Waals surface area contributed by atoms with E-state index in [2.05, 4.69) is 37.9 Å². The van der Waals surface area contributed by atoms with Crippen molar-refractivity contribution in [2.24, 2.45) is 5.92 Å². The molecule has 0 spiro atoms. The van der Waals surface area contributed by atoms with E-state index >= 15 is 0 Å². The van der Waals surface area contributed by atoms with Gasteiger partial charge in [0.05, 0.1) is 5.92 Å². The Hall–Kier alpha value is -2.01. The molecule has 0 radical (unpaired) electrons. The molecule has 31 heavy (non-hydrogen) atoms. The van der Waals surface area contributed by atoms with Gasteiger partial charge in [-0.15, -0.1) is 0 Å². The van der Waals surface area contributed by atoms with Crippen LogP contribution in [0.2, 0.25) is 0 Å². The summed E-state index contributed by atoms with van der Waals surface area (Å²) in [5, 5.41) is 15.7. The monoisotopic (exact) mass is 420 g/mol. The van der Waals surface area contributed by atoms with Crippen molar-refractivity contribution in [2.45, 2.75) is 69.7 Å². The number of hydrogen-bond donors (Lipinski definition) is 2. The number of benzene rings is 2. The minimum Gasteiger partial charge on any atom is -0.384 e. The largest absolute Gasteiger partial charge is 0.384 e. The first-order valence-electron chi connectivity index (χ1n) is 11.5. The van der Waals surface area contributed by atoms with E-state index in [1.165, 1.54) is 0 Å². The normalized spacial score (nSPS) is 28.9. The van der Waals surface area contributed by atoms with Crippen LogP contribution in [0.4, 0.5) is 0 Å². The van der Waals surface area contributed by atoms with Gasteiger partial charge in [-0.2, -0.15) is 0 Å². The second-order valence-corrected chi connectivity index (χ2v) is 10.8. The molecule has 2 aliphatic rings. The van der Waals surface area contributed by atoms with Crippen LogP contribution < -0.4 is 5.32 Å². The molecule has 2 aliphatic heterocycles. The van der Waals surface area contributed by atoms with Crippen molar-refractivity contribution >= 4 is 5.78 Å². The number of piperidine rings is 2. The lowest BCUT2D eigenvalue weighted by atomic mass is 9.71. The van der Waals surface area contributed by atoms with Gasteiger partial charge in [-0.05, 0) is 52.5 Å². The number of Topliss-reactive ketones (excluding diaryl/α,β-unsaturated/α-hetero) is 1. The van der Waals surface area contributed by atoms with Crippen molar-refractivity contribution in [1.29, 1.82) is 0 Å². The molecule has 2 atom stereocenters. The van der Waals surface area contributed by atoms with Crippen LogP contribution in [-0.4, -0.2) is 46.0 Å². The summed E-state index contributed by atoms with van der Waals surface area (Å²) in [5.41, 5.74) is 0.448. The summed E-state index contributed by atoms with van der Waals surface area (Å²) < 4.78 is 0. The Bertz CT molecular complexity index is 893. The molecule has 2 aromatic carbocycles. The Labute approximate surface area is 186 Å². The van der Waals surface area contributed by atoms with Gasteiger partial charge in [0, 0.05) is 35.8 Å². The Balaban J connectivity index is 1.66. The Morgan fingerprint density at radius 3 is 2.06 bits per heavy atom. The Morgan fingerprint density at radius 2 is 1.48 bits per heavy atom. The lowest BCUT2D eigenvalue weighted by Crippen LogP contribution is -2.64. The smallest absolute Gasteiger partial charge is 0.170 e. The third-order valence-corrected chi connectivity index (χ3v) is 7.11. The molecular formula is C27H36N2O2. The molecule has 2 aromatic rings. The van der Waals surface area contributed by atoms with Crippen molar-refractivity contribution in [2.75, 3.05) is 13.1 Å². The number of nitrogens with zero attached hydrogens (tertiary/aromatic N) is 1. The molecule has 0 unspecified atom stereocenters. The number of rotatable bonds is 4. The third-order valence-electron chi connectivity index (χ3n) is 7.11. The number of carbonyl (C=O) groups excluding carboxylic acids is 1. The van der Waals surface area contributed by atoms with Crippen LogP contribution in [0.5, 0.6) is 0 Å². The minimum atomic E-state index is -1.15. The maximum atomic E-state index is 13.7. The molecule has 166 valence electrons. The van der Waals surface area contributed by atoms with Crippen LogP contribution in [0, 0.1) is 5.92 Å². The predicted molar refractivity (Wildman–Crippen MR) is 125 cm³/mol. The molecule has 4 nitrogen and oxygen atoms in total. The second-order valence-electron chi connectivity index (χ2n) is 10.8. The third kappa shape index (κ3) is 4.62. The van der Waals surface area contributed by atoms with Crippen LogP contribution >= 0.6 is 0 Å². The van der Waals surface area contributed by atoms with Crippen molar-refractivity contribution in [3.8, 4) is 0 Å². The summed E-state index contributed by atoms with van der Waals surface area (Å²) in [6.07, 6.45) is 2.63. The van der Waals surface area contributed by atoms with Crippen LogP contribution in [0.25, 0.3) is 0 Å². The number of ketones is 1. The van der Waals surface area contributed by atoms with E-state index in [-0.39, 0.29) is 16.9 Å². The molecule has 0 bridgehead atoms. The SMILES string of the molecule is CC1(C)CC(N2CC[C@@](O)(c3ccccc3)[C@H](C(=O)c3ccccc3)C2)CC(C)(C)N1. The molecule has 4 rings (SSSR count). The first kappa shape index (κ1) is 22.2. The summed E-state index contributed by atoms with van der Waals surface area (Å²) in [5.74, 6) is -0.462. The maximum Gasteiger partial charge on any atom is 0.170 e. The van der Waals surface area contributed by atoms with Crippen molar-refractivity contribution < 1.29 is 9.90 Å². The average molecular weight is 421 g/mol. The summed E-state index contributed by atoms with van der Waals surface area (Å²) in [7, 11) is 0. The van der Waals surface area contributed by atoms with Gasteiger partial charge in [-0.1, -0.05) is 60.7 Å². The lowest BCUT2D eigenvalue weighted by molar-refractivity contribution is -0.0809. The molecule has 4 heteroatoms. The van der Waals surface area contributed by atoms with Gasteiger partial charge in [0.25, 0.3) is 0 Å². The standard InChI is InChI=1S/C27H36N2O2/c1-25(2)17-22(18-26(3,4)28-25)29-16-15-27(31,21-13-9-6-10-14-21)23(19-29)24(30)20-11-7-5-8-12-20/h5-14,22-23,28,31H,15-19H2,1-4H3/t23-,27+/m0/s1. The van der Waals surface area contributed by atoms with Gasteiger partial charge in [0.15, 0.2) is 5.78 Å². The summed E-state index contributed by atoms with van der Waals surface area (Å²) in [6.45, 7) is 10.4. The molecule has 0 saturated carbocycles. The number of aliphatic hydroxyl groups is 1. The first-order chi connectivity index (χ1) is 14.6. The molecule has 2 heterocycles. The van der Waals surface area contributed by atoms with Crippen LogP contribution in [0.1, 0.15) is 62.9 Å². The van der Waals surface area contributed by atoms with Crippen LogP contribution in [0.3, 0.4) is 0 Å². The van der Waals surface area contributed by atoms with E-state index in [0.717, 1.165) is 24.9 Å². The summed E-state index contributed by atoms with van der Waals surface area (Å²) in [6, 6.07) is 19.6. The van der Waals surface area contributed by atoms with E-state index in [0.29, 0.717) is 24.6 Å². The minimum absolute atomic E-state index is 0.0316. The molecule has 0 aliphatic carbocycles. The maximum absolute atomic E-state index is 13.7. The topological polar surface area (TPSA) is 52.6 Å². The Morgan fingerprint density at radius 1 is 0.935 bits per heavy atom. The zero-order valence-corrected chi connectivity index (χ0v) is 19.3. The summed E-state index contributed by atoms with van der Waals surface area (Å²) >= 11 is 0. The number of likely N-dealkylation sites (tertiary alicyclic amines) is 1. The van der Waals surface area contributed by atoms with E-state index in [9.17, 15) is 9.90 Å². The second kappa shape index (κ2) is 8.16. The van der Waals surface area contributed by atoms with Crippen molar-refractivity contribution in [3.63, 3.8) is 0 Å². The predicted octanol–water partition coefficient (Wildman–Crippen LogP) is 4.39. The van der Waals surface area contributed by atoms with E-state index < -0.39 is 11.5 Å². The van der Waals surface area contributed by atoms with Gasteiger partial charge < -0.3 is 10.4 Å². The fourth-order valence-corrected chi connectivity index (χ4v) is 6.00. The van der Waals surface area contributed by atoms with Crippen molar-refractivity contribution in [1.82, 2.24) is 10.2 Å². The quantitative estimate of drug-likeness (QED) is 0.721. The molecule has 0 aromatic heterocycles. The highest BCUT2D eigenvalue weighted by Gasteiger charge is 2.49. The average Bonchev–Trinajstić information content (AvgIpc) is 2.72. The van der Waals surface area contributed by atoms with Crippen LogP contribution in [0.15, 0.2) is 60.7 Å². The van der Waals surface area contributed by atoms with Crippen molar-refractivity contribution in [3.05, 3.63) is 71.8 Å². The zero-order valence-electron chi connectivity index (χ0n) is 19.3.